The van der Waals surface area contributed by atoms with Crippen molar-refractivity contribution in [2.45, 2.75) is 46.4 Å². The Kier molecular flexibility index (Phi) is 11.2. The normalized spacial score (nSPS) is 14.6. The molecule has 5 rings (SSSR count). The topological polar surface area (TPSA) is 88.4 Å². The lowest BCUT2D eigenvalue weighted by Gasteiger charge is -2.25. The molecule has 46 heavy (non-hydrogen) atoms. The van der Waals surface area contributed by atoms with E-state index in [-0.39, 0.29) is 30.5 Å². The molecule has 0 spiro atoms. The van der Waals surface area contributed by atoms with E-state index in [1.807, 2.05) is 62.4 Å². The van der Waals surface area contributed by atoms with Gasteiger partial charge >= 0.3 is 5.97 Å². The Hall–Kier alpha value is -2.88. The Labute approximate surface area is 303 Å². The summed E-state index contributed by atoms with van der Waals surface area (Å²) >= 11 is 12.1. The van der Waals surface area contributed by atoms with Crippen LogP contribution in [0.2, 0.25) is 5.02 Å². The Balaban J connectivity index is 1.67. The van der Waals surface area contributed by atoms with Crippen LogP contribution in [-0.2, 0) is 16.1 Å². The molecule has 3 aromatic carbocycles. The van der Waals surface area contributed by atoms with Crippen LogP contribution in [0.15, 0.2) is 75.7 Å². The molecule has 0 saturated carbocycles. The summed E-state index contributed by atoms with van der Waals surface area (Å²) < 4.78 is 27.2. The minimum absolute atomic E-state index is 0.0719. The van der Waals surface area contributed by atoms with Gasteiger partial charge in [-0.1, -0.05) is 47.2 Å². The number of esters is 1. The highest BCUT2D eigenvalue weighted by molar-refractivity contribution is 14.1. The van der Waals surface area contributed by atoms with Crippen LogP contribution in [-0.4, -0.2) is 30.4 Å². The summed E-state index contributed by atoms with van der Waals surface area (Å²) in [5.41, 5.74) is 2.72. The van der Waals surface area contributed by atoms with Gasteiger partial charge in [-0.25, -0.2) is 9.79 Å². The van der Waals surface area contributed by atoms with Crippen molar-refractivity contribution in [1.29, 1.82) is 0 Å². The number of benzene rings is 3. The summed E-state index contributed by atoms with van der Waals surface area (Å²) in [6.07, 6.45) is 1.74. The maximum atomic E-state index is 14.3. The van der Waals surface area contributed by atoms with E-state index in [0.717, 1.165) is 18.3 Å². The fraction of sp³-hybridized carbons (Fsp3) is 0.265. The second kappa shape index (κ2) is 14.9. The molecular formula is C34H31ClI2N2O6S. The van der Waals surface area contributed by atoms with Gasteiger partial charge in [0.2, 0.25) is 0 Å². The molecule has 4 aromatic rings. The zero-order chi connectivity index (χ0) is 33.1. The molecule has 0 N–H and O–H groups in total. The largest absolute Gasteiger partial charge is 0.493 e. The number of halogens is 3. The average Bonchev–Trinajstić information content (AvgIpc) is 3.30. The van der Waals surface area contributed by atoms with E-state index in [9.17, 15) is 9.59 Å². The minimum Gasteiger partial charge on any atom is -0.493 e. The Morgan fingerprint density at radius 2 is 1.89 bits per heavy atom. The zero-order valence-corrected chi connectivity index (χ0v) is 31.6. The lowest BCUT2D eigenvalue weighted by molar-refractivity contribution is -0.139. The lowest BCUT2D eigenvalue weighted by atomic mass is 9.95. The molecule has 1 aromatic heterocycles. The minimum atomic E-state index is -0.800. The first-order chi connectivity index (χ1) is 22.0. The van der Waals surface area contributed by atoms with Crippen molar-refractivity contribution >= 4 is 80.2 Å². The third kappa shape index (κ3) is 7.32. The van der Waals surface area contributed by atoms with Crippen molar-refractivity contribution in [3.8, 4) is 17.2 Å². The molecule has 0 radical (unpaired) electrons. The quantitative estimate of drug-likeness (QED) is 0.126. The third-order valence-electron chi connectivity index (χ3n) is 7.04. The number of hydrogen-bond donors (Lipinski definition) is 0. The van der Waals surface area contributed by atoms with Crippen molar-refractivity contribution in [2.75, 3.05) is 13.7 Å². The van der Waals surface area contributed by atoms with Crippen LogP contribution in [0, 0.1) is 7.14 Å². The van der Waals surface area contributed by atoms with Crippen molar-refractivity contribution in [1.82, 2.24) is 4.57 Å². The summed E-state index contributed by atoms with van der Waals surface area (Å²) in [6, 6.07) is 16.1. The second-order valence-corrected chi connectivity index (χ2v) is 14.4. The number of carbonyl (C=O) groups is 1. The highest BCUT2D eigenvalue weighted by Gasteiger charge is 2.34. The van der Waals surface area contributed by atoms with Gasteiger partial charge in [-0.2, -0.15) is 0 Å². The summed E-state index contributed by atoms with van der Waals surface area (Å²) in [5, 5.41) is 0.617. The van der Waals surface area contributed by atoms with E-state index in [1.165, 1.54) is 11.3 Å². The third-order valence-corrected chi connectivity index (χ3v) is 9.81. The van der Waals surface area contributed by atoms with E-state index in [1.54, 1.807) is 37.7 Å². The van der Waals surface area contributed by atoms with Crippen LogP contribution in [0.1, 0.15) is 50.4 Å². The molecule has 1 atom stereocenters. The molecule has 1 aliphatic rings. The number of fused-ring (bicyclic) bond motifs is 1. The van der Waals surface area contributed by atoms with E-state index in [0.29, 0.717) is 42.9 Å². The van der Waals surface area contributed by atoms with Gasteiger partial charge in [0.15, 0.2) is 16.3 Å². The molecule has 0 unspecified atom stereocenters. The fourth-order valence-corrected chi connectivity index (χ4v) is 8.33. The molecule has 0 bridgehead atoms. The molecule has 0 saturated heterocycles. The van der Waals surface area contributed by atoms with Gasteiger partial charge in [0.05, 0.1) is 45.2 Å². The predicted molar refractivity (Wildman–Crippen MR) is 197 cm³/mol. The van der Waals surface area contributed by atoms with Crippen LogP contribution < -0.4 is 29.1 Å². The molecule has 12 heteroatoms. The summed E-state index contributed by atoms with van der Waals surface area (Å²) in [4.78, 5) is 32.8. The van der Waals surface area contributed by atoms with Crippen molar-refractivity contribution in [2.24, 2.45) is 4.99 Å². The number of nitrogens with zero attached hydrogens (tertiary/aromatic N) is 2. The highest BCUT2D eigenvalue weighted by atomic mass is 127. The summed E-state index contributed by atoms with van der Waals surface area (Å²) in [6.45, 7) is 7.80. The van der Waals surface area contributed by atoms with Gasteiger partial charge in [-0.15, -0.1) is 0 Å². The average molecular weight is 885 g/mol. The zero-order valence-electron chi connectivity index (χ0n) is 25.7. The van der Waals surface area contributed by atoms with Crippen LogP contribution in [0.3, 0.4) is 0 Å². The number of thiazole rings is 1. The number of methoxy groups -OCH3 is 1. The van der Waals surface area contributed by atoms with E-state index < -0.39 is 12.0 Å². The highest BCUT2D eigenvalue weighted by Crippen LogP contribution is 2.37. The van der Waals surface area contributed by atoms with Crippen LogP contribution in [0.5, 0.6) is 17.2 Å². The smallest absolute Gasteiger partial charge is 0.338 e. The first kappa shape index (κ1) is 34.5. The van der Waals surface area contributed by atoms with Gasteiger partial charge in [0.25, 0.3) is 5.56 Å². The molecule has 0 aliphatic carbocycles. The maximum absolute atomic E-state index is 14.3. The molecule has 0 fully saturated rings. The Bertz CT molecular complexity index is 2020. The van der Waals surface area contributed by atoms with Crippen molar-refractivity contribution < 1.29 is 23.7 Å². The molecule has 2 heterocycles. The predicted octanol–water partition coefficient (Wildman–Crippen LogP) is 7.04. The number of hydrogen-bond acceptors (Lipinski definition) is 8. The lowest BCUT2D eigenvalue weighted by Crippen LogP contribution is -2.40. The second-order valence-electron chi connectivity index (χ2n) is 10.6. The first-order valence-electron chi connectivity index (χ1n) is 14.4. The van der Waals surface area contributed by atoms with Crippen LogP contribution in [0.4, 0.5) is 0 Å². The summed E-state index contributed by atoms with van der Waals surface area (Å²) in [7, 11) is 1.55. The van der Waals surface area contributed by atoms with E-state index in [4.69, 9.17) is 35.5 Å². The molecule has 1 aliphatic heterocycles. The molecule has 0 amide bonds. The van der Waals surface area contributed by atoms with Crippen molar-refractivity contribution in [3.05, 3.63) is 114 Å². The van der Waals surface area contributed by atoms with Gasteiger partial charge in [0, 0.05) is 19.7 Å². The first-order valence-corrected chi connectivity index (χ1v) is 17.8. The number of rotatable bonds is 10. The number of ether oxygens (including phenoxy) is 4. The van der Waals surface area contributed by atoms with Gasteiger partial charge in [0.1, 0.15) is 12.4 Å². The number of aromatic nitrogens is 1. The number of carbonyl (C=O) groups excluding carboxylic acids is 1. The number of allylic oxidation sites excluding steroid dienone is 1. The standard InChI is InChI=1S/C34H31ClI2N2O6S/c1-6-43-33(41)29-19(4)38-34-39(30(29)20-11-12-26(45-18(2)3)27(14-20)42-5)32(40)28(46-34)15-22-13-23(36)16-25(37)31(22)44-17-21-9-7-8-10-24(21)35/h7-16,18,30H,6,17H2,1-5H3/b28-15+/t30-/m0/s1. The maximum Gasteiger partial charge on any atom is 0.338 e. The molecule has 240 valence electrons. The fourth-order valence-electron chi connectivity index (χ4n) is 5.06. The van der Waals surface area contributed by atoms with E-state index in [2.05, 4.69) is 45.2 Å². The SMILES string of the molecule is CCOC(=O)C1=C(C)N=c2s/c(=C/c3cc(I)cc(I)c3OCc3ccccc3Cl)c(=O)n2[C@H]1c1ccc(OC(C)C)c(OC)c1. The molecule has 8 nitrogen and oxygen atoms in total. The summed E-state index contributed by atoms with van der Waals surface area (Å²) in [5.74, 6) is 1.15. The van der Waals surface area contributed by atoms with Gasteiger partial charge < -0.3 is 18.9 Å². The van der Waals surface area contributed by atoms with Crippen LogP contribution in [0.25, 0.3) is 6.08 Å². The van der Waals surface area contributed by atoms with Gasteiger partial charge in [-0.3, -0.25) is 9.36 Å². The van der Waals surface area contributed by atoms with E-state index >= 15 is 0 Å². The van der Waals surface area contributed by atoms with Crippen LogP contribution >= 0.6 is 68.1 Å². The van der Waals surface area contributed by atoms with Crippen molar-refractivity contribution in [3.63, 3.8) is 0 Å². The molecular weight excluding hydrogens is 854 g/mol. The van der Waals surface area contributed by atoms with Gasteiger partial charge in [-0.05, 0) is 115 Å². The monoisotopic (exact) mass is 884 g/mol. The Morgan fingerprint density at radius 3 is 2.59 bits per heavy atom. The Morgan fingerprint density at radius 1 is 1.13 bits per heavy atom.